The number of benzene rings is 1. The van der Waals surface area contributed by atoms with Gasteiger partial charge in [0.15, 0.2) is 6.10 Å². The van der Waals surface area contributed by atoms with Crippen molar-refractivity contribution in [1.82, 2.24) is 0 Å². The topological polar surface area (TPSA) is 59.0 Å². The van der Waals surface area contributed by atoms with E-state index in [9.17, 15) is 9.90 Å². The van der Waals surface area contributed by atoms with Crippen molar-refractivity contribution < 1.29 is 19.4 Å². The zero-order valence-corrected chi connectivity index (χ0v) is 10.3. The maximum absolute atomic E-state index is 11.2. The molecule has 1 saturated heterocycles. The number of anilines is 1. The fourth-order valence-electron chi connectivity index (χ4n) is 1.94. The number of carbonyl (C=O) groups is 1. The van der Waals surface area contributed by atoms with E-state index in [1.165, 1.54) is 7.11 Å². The summed E-state index contributed by atoms with van der Waals surface area (Å²) in [6, 6.07) is 7.28. The molecule has 0 bridgehead atoms. The van der Waals surface area contributed by atoms with Crippen LogP contribution >= 0.6 is 0 Å². The SMILES string of the molecule is COC(=O)C(O)c1ccc(N2CCOCC2)cc1. The molecule has 18 heavy (non-hydrogen) atoms. The lowest BCUT2D eigenvalue weighted by molar-refractivity contribution is -0.150. The molecule has 2 rings (SSSR count). The molecule has 1 aromatic carbocycles. The van der Waals surface area contributed by atoms with E-state index in [0.717, 1.165) is 32.0 Å². The number of morpholine rings is 1. The van der Waals surface area contributed by atoms with Crippen LogP contribution in [-0.4, -0.2) is 44.5 Å². The maximum atomic E-state index is 11.2. The number of hydrogen-bond donors (Lipinski definition) is 1. The first-order chi connectivity index (χ1) is 8.72. The molecule has 0 radical (unpaired) electrons. The molecule has 0 aliphatic carbocycles. The first-order valence-electron chi connectivity index (χ1n) is 5.91. The van der Waals surface area contributed by atoms with Crippen molar-refractivity contribution in [2.45, 2.75) is 6.10 Å². The fourth-order valence-corrected chi connectivity index (χ4v) is 1.94. The molecule has 0 aromatic heterocycles. The molecule has 98 valence electrons. The van der Waals surface area contributed by atoms with Crippen LogP contribution in [0.1, 0.15) is 11.7 Å². The van der Waals surface area contributed by atoms with Crippen molar-refractivity contribution in [3.8, 4) is 0 Å². The molecule has 1 aliphatic heterocycles. The monoisotopic (exact) mass is 251 g/mol. The van der Waals surface area contributed by atoms with Gasteiger partial charge in [-0.25, -0.2) is 4.79 Å². The first-order valence-corrected chi connectivity index (χ1v) is 5.91. The van der Waals surface area contributed by atoms with E-state index in [-0.39, 0.29) is 0 Å². The van der Waals surface area contributed by atoms with Crippen LogP contribution in [0.3, 0.4) is 0 Å². The number of aliphatic hydroxyl groups excluding tert-OH is 1. The number of rotatable bonds is 3. The minimum absolute atomic E-state index is 0.541. The van der Waals surface area contributed by atoms with E-state index < -0.39 is 12.1 Å². The highest BCUT2D eigenvalue weighted by Gasteiger charge is 2.18. The molecule has 5 nitrogen and oxygen atoms in total. The predicted octanol–water partition coefficient (Wildman–Crippen LogP) is 0.730. The van der Waals surface area contributed by atoms with Gasteiger partial charge in [-0.15, -0.1) is 0 Å². The number of nitrogens with zero attached hydrogens (tertiary/aromatic N) is 1. The summed E-state index contributed by atoms with van der Waals surface area (Å²) in [6.45, 7) is 3.18. The van der Waals surface area contributed by atoms with E-state index in [2.05, 4.69) is 9.64 Å². The van der Waals surface area contributed by atoms with Gasteiger partial charge in [-0.05, 0) is 17.7 Å². The molecular formula is C13H17NO4. The molecule has 1 N–H and O–H groups in total. The number of carbonyl (C=O) groups excluding carboxylic acids is 1. The summed E-state index contributed by atoms with van der Waals surface area (Å²) >= 11 is 0. The zero-order valence-electron chi connectivity index (χ0n) is 10.3. The minimum Gasteiger partial charge on any atom is -0.467 e. The van der Waals surface area contributed by atoms with Crippen LogP contribution in [0, 0.1) is 0 Å². The normalized spacial score (nSPS) is 17.3. The van der Waals surface area contributed by atoms with Crippen LogP contribution in [-0.2, 0) is 14.3 Å². The van der Waals surface area contributed by atoms with Crippen LogP contribution in [0.2, 0.25) is 0 Å². The third-order valence-corrected chi connectivity index (χ3v) is 3.01. The third kappa shape index (κ3) is 2.80. The Hall–Kier alpha value is -1.59. The summed E-state index contributed by atoms with van der Waals surface area (Å²) in [5, 5.41) is 9.68. The Bertz CT molecular complexity index is 398. The molecule has 0 amide bonds. The summed E-state index contributed by atoms with van der Waals surface area (Å²) in [6.07, 6.45) is -1.21. The van der Waals surface area contributed by atoms with Gasteiger partial charge >= 0.3 is 5.97 Å². The molecule has 1 atom stereocenters. The van der Waals surface area contributed by atoms with Gasteiger partial charge in [-0.3, -0.25) is 0 Å². The van der Waals surface area contributed by atoms with Crippen LogP contribution < -0.4 is 4.90 Å². The second-order valence-electron chi connectivity index (χ2n) is 4.12. The molecule has 1 unspecified atom stereocenters. The van der Waals surface area contributed by atoms with Crippen LogP contribution in [0.4, 0.5) is 5.69 Å². The van der Waals surface area contributed by atoms with E-state index in [1.807, 2.05) is 12.1 Å². The molecule has 1 aromatic rings. The second kappa shape index (κ2) is 5.84. The first kappa shape index (κ1) is 12.9. The number of aliphatic hydroxyl groups is 1. The summed E-state index contributed by atoms with van der Waals surface area (Å²) in [5.74, 6) is -0.644. The van der Waals surface area contributed by atoms with Crippen molar-refractivity contribution in [1.29, 1.82) is 0 Å². The Kier molecular flexibility index (Phi) is 4.17. The Balaban J connectivity index is 2.07. The summed E-state index contributed by atoms with van der Waals surface area (Å²) in [5.41, 5.74) is 1.61. The van der Waals surface area contributed by atoms with Crippen LogP contribution in [0.15, 0.2) is 24.3 Å². The summed E-state index contributed by atoms with van der Waals surface area (Å²) in [7, 11) is 1.26. The Morgan fingerprint density at radius 3 is 2.50 bits per heavy atom. The number of ether oxygens (including phenoxy) is 2. The fraction of sp³-hybridized carbons (Fsp3) is 0.462. The van der Waals surface area contributed by atoms with Crippen LogP contribution in [0.5, 0.6) is 0 Å². The smallest absolute Gasteiger partial charge is 0.339 e. The van der Waals surface area contributed by atoms with Gasteiger partial charge in [0.2, 0.25) is 0 Å². The van der Waals surface area contributed by atoms with Gasteiger partial charge in [0.05, 0.1) is 20.3 Å². The Morgan fingerprint density at radius 1 is 1.33 bits per heavy atom. The molecule has 1 heterocycles. The lowest BCUT2D eigenvalue weighted by atomic mass is 10.1. The van der Waals surface area contributed by atoms with Crippen molar-refractivity contribution >= 4 is 11.7 Å². The van der Waals surface area contributed by atoms with Gasteiger partial charge in [0, 0.05) is 18.8 Å². The Morgan fingerprint density at radius 2 is 1.94 bits per heavy atom. The van der Waals surface area contributed by atoms with Gasteiger partial charge in [-0.2, -0.15) is 0 Å². The quantitative estimate of drug-likeness (QED) is 0.803. The molecule has 0 saturated carbocycles. The molecule has 1 aliphatic rings. The molecule has 5 heteroatoms. The summed E-state index contributed by atoms with van der Waals surface area (Å²) < 4.78 is 9.78. The molecule has 0 spiro atoms. The van der Waals surface area contributed by atoms with Crippen molar-refractivity contribution in [2.24, 2.45) is 0 Å². The highest BCUT2D eigenvalue weighted by molar-refractivity contribution is 5.76. The van der Waals surface area contributed by atoms with Gasteiger partial charge in [-0.1, -0.05) is 12.1 Å². The lowest BCUT2D eigenvalue weighted by Crippen LogP contribution is -2.36. The average Bonchev–Trinajstić information content (AvgIpc) is 2.47. The summed E-state index contributed by atoms with van der Waals surface area (Å²) in [4.78, 5) is 13.4. The Labute approximate surface area is 106 Å². The molecule has 1 fully saturated rings. The van der Waals surface area contributed by atoms with Gasteiger partial charge in [0.25, 0.3) is 0 Å². The highest BCUT2D eigenvalue weighted by atomic mass is 16.5. The minimum atomic E-state index is -1.21. The van der Waals surface area contributed by atoms with E-state index in [4.69, 9.17) is 4.74 Å². The van der Waals surface area contributed by atoms with E-state index in [0.29, 0.717) is 5.56 Å². The maximum Gasteiger partial charge on any atom is 0.339 e. The second-order valence-corrected chi connectivity index (χ2v) is 4.12. The third-order valence-electron chi connectivity index (χ3n) is 3.01. The number of esters is 1. The van der Waals surface area contributed by atoms with Crippen LogP contribution in [0.25, 0.3) is 0 Å². The zero-order chi connectivity index (χ0) is 13.0. The average molecular weight is 251 g/mol. The van der Waals surface area contributed by atoms with Crippen molar-refractivity contribution in [2.75, 3.05) is 38.3 Å². The lowest BCUT2D eigenvalue weighted by Gasteiger charge is -2.29. The van der Waals surface area contributed by atoms with E-state index >= 15 is 0 Å². The molecular weight excluding hydrogens is 234 g/mol. The standard InChI is InChI=1S/C13H17NO4/c1-17-13(16)12(15)10-2-4-11(5-3-10)14-6-8-18-9-7-14/h2-5,12,15H,6-9H2,1H3. The highest BCUT2D eigenvalue weighted by Crippen LogP contribution is 2.20. The van der Waals surface area contributed by atoms with Gasteiger partial charge < -0.3 is 19.5 Å². The number of hydrogen-bond acceptors (Lipinski definition) is 5. The van der Waals surface area contributed by atoms with E-state index in [1.54, 1.807) is 12.1 Å². The van der Waals surface area contributed by atoms with Crippen molar-refractivity contribution in [3.05, 3.63) is 29.8 Å². The largest absolute Gasteiger partial charge is 0.467 e. The van der Waals surface area contributed by atoms with Crippen molar-refractivity contribution in [3.63, 3.8) is 0 Å². The number of methoxy groups -OCH3 is 1. The predicted molar refractivity (Wildman–Crippen MR) is 66.4 cm³/mol. The van der Waals surface area contributed by atoms with Gasteiger partial charge in [0.1, 0.15) is 0 Å².